The Morgan fingerprint density at radius 1 is 1.05 bits per heavy atom. The Morgan fingerprint density at radius 3 is 2.22 bits per heavy atom. The van der Waals surface area contributed by atoms with Gasteiger partial charge in [0.1, 0.15) is 37.0 Å². The van der Waals surface area contributed by atoms with Gasteiger partial charge < -0.3 is 25.6 Å². The van der Waals surface area contributed by atoms with Crippen molar-refractivity contribution in [1.29, 1.82) is 0 Å². The van der Waals surface area contributed by atoms with Gasteiger partial charge >= 0.3 is 12.1 Å². The average molecular weight is 578 g/mol. The molecule has 220 valence electrons. The number of carbonyl (C=O) groups excluding carboxylic acids is 3. The molecule has 0 aliphatic rings. The molecule has 41 heavy (non-hydrogen) atoms. The van der Waals surface area contributed by atoms with Crippen LogP contribution in [0.5, 0.6) is 0 Å². The van der Waals surface area contributed by atoms with Crippen molar-refractivity contribution in [2.24, 2.45) is 5.92 Å². The minimum Gasteiger partial charge on any atom is -0.542 e. The molecular formula is C27H30F3N5O6. The molecule has 0 fully saturated rings. The molecule has 3 N–H and O–H groups in total. The van der Waals surface area contributed by atoms with Crippen LogP contribution in [0.3, 0.4) is 0 Å². The van der Waals surface area contributed by atoms with Crippen LogP contribution in [-0.4, -0.2) is 56.7 Å². The molecule has 2 amide bonds. The molecule has 0 unspecified atom stereocenters. The highest BCUT2D eigenvalue weighted by Crippen LogP contribution is 2.11. The third-order valence-electron chi connectivity index (χ3n) is 5.54. The van der Waals surface area contributed by atoms with E-state index in [0.29, 0.717) is 6.54 Å². The van der Waals surface area contributed by atoms with Crippen molar-refractivity contribution in [3.05, 3.63) is 84.7 Å². The van der Waals surface area contributed by atoms with Crippen LogP contribution < -0.4 is 20.3 Å². The van der Waals surface area contributed by atoms with Gasteiger partial charge in [-0.15, -0.1) is 0 Å². The largest absolute Gasteiger partial charge is 0.542 e. The van der Waals surface area contributed by atoms with Crippen LogP contribution in [0.1, 0.15) is 25.1 Å². The van der Waals surface area contributed by atoms with Crippen LogP contribution in [0, 0.1) is 5.92 Å². The van der Waals surface area contributed by atoms with Gasteiger partial charge in [-0.05, 0) is 23.6 Å². The fourth-order valence-corrected chi connectivity index (χ4v) is 3.54. The fourth-order valence-electron chi connectivity index (χ4n) is 3.54. The number of rotatable bonds is 11. The molecule has 14 heteroatoms. The number of carbonyl (C=O) groups is 4. The summed E-state index contributed by atoms with van der Waals surface area (Å²) < 4.78 is 35.2. The summed E-state index contributed by atoms with van der Waals surface area (Å²) >= 11 is 0. The Balaban J connectivity index is 0.000000745. The van der Waals surface area contributed by atoms with E-state index in [4.69, 9.17) is 9.90 Å². The molecular weight excluding hydrogens is 547 g/mol. The normalized spacial score (nSPS) is 12.4. The average Bonchev–Trinajstić information content (AvgIpc) is 3.33. The van der Waals surface area contributed by atoms with Gasteiger partial charge in [0, 0.05) is 12.6 Å². The molecule has 0 bridgehead atoms. The number of nitrogens with zero attached hydrogens (tertiary/aromatic N) is 3. The molecule has 2 heterocycles. The summed E-state index contributed by atoms with van der Waals surface area (Å²) in [5.41, 5.74) is 1.75. The summed E-state index contributed by atoms with van der Waals surface area (Å²) in [6.45, 7) is 4.02. The van der Waals surface area contributed by atoms with Gasteiger partial charge in [-0.3, -0.25) is 14.6 Å². The van der Waals surface area contributed by atoms with Crippen LogP contribution in [0.15, 0.2) is 73.4 Å². The quantitative estimate of drug-likeness (QED) is 0.280. The number of alkyl halides is 3. The van der Waals surface area contributed by atoms with E-state index in [-0.39, 0.29) is 24.8 Å². The van der Waals surface area contributed by atoms with Crippen molar-refractivity contribution in [2.45, 2.75) is 51.6 Å². The molecule has 0 spiro atoms. The van der Waals surface area contributed by atoms with Crippen molar-refractivity contribution >= 4 is 23.8 Å². The van der Waals surface area contributed by atoms with E-state index in [2.05, 4.69) is 15.6 Å². The minimum atomic E-state index is -5.19. The second-order valence-corrected chi connectivity index (χ2v) is 9.24. The SMILES string of the molecule is CC(C)[C@H](NC(=O)[C@H](Cc1ccccc1)NC(=O)Cn1cc[n+](Cc2ccccn2)c1)C(=O)O.O=C([O-])C(F)(F)F. The predicted octanol–water partition coefficient (Wildman–Crippen LogP) is 0.470. The molecule has 3 rings (SSSR count). The van der Waals surface area contributed by atoms with Crippen molar-refractivity contribution in [3.8, 4) is 0 Å². The number of imidazole rings is 1. The summed E-state index contributed by atoms with van der Waals surface area (Å²) in [6, 6.07) is 13.0. The van der Waals surface area contributed by atoms with Crippen molar-refractivity contribution in [3.63, 3.8) is 0 Å². The van der Waals surface area contributed by atoms with Crippen LogP contribution >= 0.6 is 0 Å². The highest BCUT2D eigenvalue weighted by molar-refractivity contribution is 5.90. The second kappa shape index (κ2) is 15.1. The van der Waals surface area contributed by atoms with Gasteiger partial charge in [-0.1, -0.05) is 50.2 Å². The monoisotopic (exact) mass is 577 g/mol. The van der Waals surface area contributed by atoms with Gasteiger partial charge in [0.05, 0.1) is 5.69 Å². The minimum absolute atomic E-state index is 0.0142. The Bertz CT molecular complexity index is 1300. The van der Waals surface area contributed by atoms with E-state index in [1.165, 1.54) is 0 Å². The van der Waals surface area contributed by atoms with Crippen molar-refractivity contribution < 1.29 is 47.1 Å². The van der Waals surface area contributed by atoms with E-state index in [1.54, 1.807) is 37.1 Å². The standard InChI is InChI=1S/C25H29N5O4.C2HF3O2/c1-18(2)23(25(33)34)28-24(32)21(14-19-8-4-3-5-9-19)27-22(31)16-30-13-12-29(17-30)15-20-10-6-7-11-26-20;3-2(4,5)1(6)7/h3-13,17-18,21,23H,14-16H2,1-2H3,(H2-,27,28,31,32,33,34);(H,6,7)/t21-,23-;/m0./s1. The number of halogens is 3. The number of nitrogens with one attached hydrogen (secondary N) is 2. The lowest BCUT2D eigenvalue weighted by atomic mass is 10.0. The number of benzene rings is 1. The zero-order valence-corrected chi connectivity index (χ0v) is 22.2. The van der Waals surface area contributed by atoms with E-state index in [0.717, 1.165) is 11.3 Å². The molecule has 11 nitrogen and oxygen atoms in total. The van der Waals surface area contributed by atoms with Crippen LogP contribution in [0.2, 0.25) is 0 Å². The maximum Gasteiger partial charge on any atom is 0.430 e. The van der Waals surface area contributed by atoms with E-state index in [9.17, 15) is 32.7 Å². The van der Waals surface area contributed by atoms with Crippen LogP contribution in [0.25, 0.3) is 0 Å². The molecule has 0 aliphatic carbocycles. The molecule has 1 aromatic carbocycles. The molecule has 0 aliphatic heterocycles. The van der Waals surface area contributed by atoms with E-state index >= 15 is 0 Å². The summed E-state index contributed by atoms with van der Waals surface area (Å²) in [5.74, 6) is -5.31. The molecule has 3 aromatic rings. The Hall–Kier alpha value is -4.75. The summed E-state index contributed by atoms with van der Waals surface area (Å²) in [5, 5.41) is 23.6. The first-order chi connectivity index (χ1) is 19.3. The zero-order chi connectivity index (χ0) is 30.6. The highest BCUT2D eigenvalue weighted by Gasteiger charge is 2.29. The van der Waals surface area contributed by atoms with Gasteiger partial charge in [0.25, 0.3) is 5.91 Å². The van der Waals surface area contributed by atoms with E-state index < -0.39 is 36.1 Å². The molecule has 0 saturated heterocycles. The van der Waals surface area contributed by atoms with Gasteiger partial charge in [0.2, 0.25) is 12.2 Å². The number of carboxylic acid groups (broad SMARTS) is 2. The fraction of sp³-hybridized carbons (Fsp3) is 0.333. The van der Waals surface area contributed by atoms with Gasteiger partial charge in [-0.2, -0.15) is 13.2 Å². The lowest BCUT2D eigenvalue weighted by Gasteiger charge is -2.23. The highest BCUT2D eigenvalue weighted by atomic mass is 19.4. The Labute approximate surface area is 233 Å². The lowest BCUT2D eigenvalue weighted by molar-refractivity contribution is -0.688. The third-order valence-corrected chi connectivity index (χ3v) is 5.54. The number of hydrogen-bond acceptors (Lipinski definition) is 6. The van der Waals surface area contributed by atoms with Crippen LogP contribution in [0.4, 0.5) is 13.2 Å². The van der Waals surface area contributed by atoms with Crippen molar-refractivity contribution in [2.75, 3.05) is 0 Å². The van der Waals surface area contributed by atoms with Gasteiger partial charge in [0.15, 0.2) is 6.54 Å². The topological polar surface area (TPSA) is 157 Å². The summed E-state index contributed by atoms with van der Waals surface area (Å²) in [6.07, 6.45) is 2.19. The Kier molecular flexibility index (Phi) is 12.0. The molecule has 2 atom stereocenters. The second-order valence-electron chi connectivity index (χ2n) is 9.24. The molecule has 0 saturated carbocycles. The number of hydrogen-bond donors (Lipinski definition) is 3. The smallest absolute Gasteiger partial charge is 0.430 e. The first kappa shape index (κ1) is 32.5. The molecule has 2 aromatic heterocycles. The van der Waals surface area contributed by atoms with Gasteiger partial charge in [-0.25, -0.2) is 13.9 Å². The number of pyridine rings is 1. The number of aromatic nitrogens is 3. The first-order valence-electron chi connectivity index (χ1n) is 12.4. The zero-order valence-electron chi connectivity index (χ0n) is 22.2. The summed E-state index contributed by atoms with van der Waals surface area (Å²) in [4.78, 5) is 50.4. The summed E-state index contributed by atoms with van der Waals surface area (Å²) in [7, 11) is 0. The third kappa shape index (κ3) is 11.5. The van der Waals surface area contributed by atoms with Crippen LogP contribution in [-0.2, 0) is 38.7 Å². The first-order valence-corrected chi connectivity index (χ1v) is 12.4. The van der Waals surface area contributed by atoms with E-state index in [1.807, 2.05) is 59.3 Å². The predicted molar refractivity (Wildman–Crippen MR) is 136 cm³/mol. The van der Waals surface area contributed by atoms with Crippen molar-refractivity contribution in [1.82, 2.24) is 20.2 Å². The lowest BCUT2D eigenvalue weighted by Crippen LogP contribution is -2.54. The maximum atomic E-state index is 13.0. The number of aliphatic carboxylic acids is 2. The number of carboxylic acids is 2. The molecule has 0 radical (unpaired) electrons. The Morgan fingerprint density at radius 2 is 1.68 bits per heavy atom. The number of amides is 2. The maximum absolute atomic E-state index is 13.0.